The van der Waals surface area contributed by atoms with Crippen molar-refractivity contribution in [3.8, 4) is 0 Å². The van der Waals surface area contributed by atoms with Crippen LogP contribution in [0.4, 0.5) is 0 Å². The van der Waals surface area contributed by atoms with Crippen molar-refractivity contribution in [2.24, 2.45) is 0 Å². The minimum absolute atomic E-state index is 0.228. The van der Waals surface area contributed by atoms with Gasteiger partial charge in [0.2, 0.25) is 11.7 Å². The van der Waals surface area contributed by atoms with Crippen LogP contribution in [0, 0.1) is 0 Å². The largest absolute Gasteiger partial charge is 0.464 e. The van der Waals surface area contributed by atoms with Crippen LogP contribution in [0.25, 0.3) is 0 Å². The Hall–Kier alpha value is -1.88. The summed E-state index contributed by atoms with van der Waals surface area (Å²) >= 11 is 0. The fourth-order valence-corrected chi connectivity index (χ4v) is 2.00. The van der Waals surface area contributed by atoms with Crippen molar-refractivity contribution in [1.82, 2.24) is 0 Å². The molecule has 1 fully saturated rings. The Kier molecular flexibility index (Phi) is 3.85. The molecule has 19 heavy (non-hydrogen) atoms. The molecule has 5 nitrogen and oxygen atoms in total. The van der Waals surface area contributed by atoms with E-state index in [1.165, 1.54) is 0 Å². The third-order valence-electron chi connectivity index (χ3n) is 2.90. The summed E-state index contributed by atoms with van der Waals surface area (Å²) in [5.74, 6) is -1.10. The number of hydrogen-bond donors (Lipinski definition) is 0. The lowest BCUT2D eigenvalue weighted by atomic mass is 9.95. The van der Waals surface area contributed by atoms with Crippen molar-refractivity contribution in [3.63, 3.8) is 0 Å². The number of esters is 2. The summed E-state index contributed by atoms with van der Waals surface area (Å²) in [5.41, 5.74) is -0.740. The quantitative estimate of drug-likeness (QED) is 0.594. The van der Waals surface area contributed by atoms with E-state index in [4.69, 9.17) is 14.2 Å². The SMILES string of the molecule is CCOC(=O)[C@H]1O[C@]1(C(=O)OCC)c1ccccc1. The van der Waals surface area contributed by atoms with E-state index in [2.05, 4.69) is 0 Å². The van der Waals surface area contributed by atoms with Gasteiger partial charge in [-0.25, -0.2) is 9.59 Å². The van der Waals surface area contributed by atoms with Crippen molar-refractivity contribution in [2.45, 2.75) is 25.6 Å². The first-order valence-electron chi connectivity index (χ1n) is 6.24. The summed E-state index contributed by atoms with van der Waals surface area (Å²) in [6.45, 7) is 3.88. The standard InChI is InChI=1S/C14H16O5/c1-3-17-12(15)11-14(19-11,13(16)18-4-2)10-8-6-5-7-9-10/h5-9,11H,3-4H2,1-2H3/t11-,14-/m1/s1. The molecular weight excluding hydrogens is 248 g/mol. The van der Waals surface area contributed by atoms with E-state index in [0.717, 1.165) is 0 Å². The first kappa shape index (κ1) is 13.5. The molecule has 1 aliphatic heterocycles. The molecular formula is C14H16O5. The van der Waals surface area contributed by atoms with Gasteiger partial charge in [-0.3, -0.25) is 0 Å². The van der Waals surface area contributed by atoms with Gasteiger partial charge in [0.25, 0.3) is 0 Å². The molecule has 2 rings (SSSR count). The molecule has 1 aromatic carbocycles. The predicted octanol–water partition coefficient (Wildman–Crippen LogP) is 1.41. The average molecular weight is 264 g/mol. The van der Waals surface area contributed by atoms with Crippen LogP contribution >= 0.6 is 0 Å². The van der Waals surface area contributed by atoms with Crippen molar-refractivity contribution in [2.75, 3.05) is 13.2 Å². The van der Waals surface area contributed by atoms with Crippen LogP contribution in [-0.2, 0) is 29.4 Å². The minimum atomic E-state index is -1.34. The fraction of sp³-hybridized carbons (Fsp3) is 0.429. The van der Waals surface area contributed by atoms with Crippen molar-refractivity contribution in [3.05, 3.63) is 35.9 Å². The second kappa shape index (κ2) is 5.40. The van der Waals surface area contributed by atoms with Crippen LogP contribution < -0.4 is 0 Å². The van der Waals surface area contributed by atoms with Gasteiger partial charge in [-0.05, 0) is 19.4 Å². The summed E-state index contributed by atoms with van der Waals surface area (Å²) < 4.78 is 15.3. The highest BCUT2D eigenvalue weighted by atomic mass is 16.7. The predicted molar refractivity (Wildman–Crippen MR) is 66.3 cm³/mol. The van der Waals surface area contributed by atoms with Crippen molar-refractivity contribution >= 4 is 11.9 Å². The molecule has 1 heterocycles. The maximum atomic E-state index is 12.1. The zero-order valence-electron chi connectivity index (χ0n) is 10.9. The molecule has 1 aromatic rings. The number of hydrogen-bond acceptors (Lipinski definition) is 5. The van der Waals surface area contributed by atoms with Crippen molar-refractivity contribution < 1.29 is 23.8 Å². The van der Waals surface area contributed by atoms with Gasteiger partial charge < -0.3 is 14.2 Å². The first-order valence-corrected chi connectivity index (χ1v) is 6.24. The van der Waals surface area contributed by atoms with Crippen LogP contribution in [0.3, 0.4) is 0 Å². The van der Waals surface area contributed by atoms with E-state index in [9.17, 15) is 9.59 Å². The number of benzene rings is 1. The van der Waals surface area contributed by atoms with Crippen LogP contribution in [0.2, 0.25) is 0 Å². The summed E-state index contributed by atoms with van der Waals surface area (Å²) in [5, 5.41) is 0. The number of epoxide rings is 1. The zero-order valence-corrected chi connectivity index (χ0v) is 10.9. The number of ether oxygens (including phenoxy) is 3. The van der Waals surface area contributed by atoms with Gasteiger partial charge in [-0.1, -0.05) is 30.3 Å². The molecule has 0 spiro atoms. The number of carbonyl (C=O) groups is 2. The van der Waals surface area contributed by atoms with Crippen LogP contribution in [0.5, 0.6) is 0 Å². The lowest BCUT2D eigenvalue weighted by Crippen LogP contribution is -2.31. The van der Waals surface area contributed by atoms with Gasteiger partial charge in [-0.2, -0.15) is 0 Å². The average Bonchev–Trinajstić information content (AvgIpc) is 3.17. The molecule has 0 saturated carbocycles. The summed E-state index contributed by atoms with van der Waals surface area (Å²) in [6, 6.07) is 8.84. The second-order valence-electron chi connectivity index (χ2n) is 4.07. The number of rotatable bonds is 5. The van der Waals surface area contributed by atoms with Gasteiger partial charge in [0.05, 0.1) is 13.2 Å². The van der Waals surface area contributed by atoms with Gasteiger partial charge in [0, 0.05) is 0 Å². The molecule has 2 atom stereocenters. The Morgan fingerprint density at radius 2 is 1.79 bits per heavy atom. The molecule has 0 amide bonds. The van der Waals surface area contributed by atoms with Crippen LogP contribution in [-0.4, -0.2) is 31.3 Å². The third kappa shape index (κ3) is 2.33. The Balaban J connectivity index is 2.28. The Morgan fingerprint density at radius 1 is 1.16 bits per heavy atom. The van der Waals surface area contributed by atoms with E-state index >= 15 is 0 Å². The molecule has 0 aliphatic carbocycles. The topological polar surface area (TPSA) is 65.1 Å². The monoisotopic (exact) mass is 264 g/mol. The van der Waals surface area contributed by atoms with Gasteiger partial charge in [0.15, 0.2) is 0 Å². The van der Waals surface area contributed by atoms with Crippen molar-refractivity contribution in [1.29, 1.82) is 0 Å². The normalized spacial score (nSPS) is 24.6. The zero-order chi connectivity index (χ0) is 13.9. The highest BCUT2D eigenvalue weighted by Gasteiger charge is 2.69. The van der Waals surface area contributed by atoms with Crippen LogP contribution in [0.15, 0.2) is 30.3 Å². The summed E-state index contributed by atoms with van der Waals surface area (Å²) in [6.07, 6.45) is -0.922. The van der Waals surface area contributed by atoms with Gasteiger partial charge in [-0.15, -0.1) is 0 Å². The second-order valence-corrected chi connectivity index (χ2v) is 4.07. The summed E-state index contributed by atoms with van der Waals surface area (Å²) in [7, 11) is 0. The molecule has 0 unspecified atom stereocenters. The third-order valence-corrected chi connectivity index (χ3v) is 2.90. The van der Waals surface area contributed by atoms with Crippen LogP contribution in [0.1, 0.15) is 19.4 Å². The Bertz CT molecular complexity index is 470. The lowest BCUT2D eigenvalue weighted by Gasteiger charge is -2.11. The fourth-order valence-electron chi connectivity index (χ4n) is 2.00. The first-order chi connectivity index (χ1) is 9.16. The maximum Gasteiger partial charge on any atom is 0.346 e. The van der Waals surface area contributed by atoms with E-state index in [1.54, 1.807) is 38.1 Å². The lowest BCUT2D eigenvalue weighted by molar-refractivity contribution is -0.151. The highest BCUT2D eigenvalue weighted by molar-refractivity contribution is 5.95. The molecule has 0 N–H and O–H groups in total. The molecule has 5 heteroatoms. The molecule has 1 aliphatic rings. The van der Waals surface area contributed by atoms with Gasteiger partial charge >= 0.3 is 11.9 Å². The smallest absolute Gasteiger partial charge is 0.346 e. The van der Waals surface area contributed by atoms with E-state index in [0.29, 0.717) is 5.56 Å². The van der Waals surface area contributed by atoms with E-state index in [1.807, 2.05) is 6.07 Å². The van der Waals surface area contributed by atoms with E-state index in [-0.39, 0.29) is 13.2 Å². The molecule has 102 valence electrons. The molecule has 1 saturated heterocycles. The van der Waals surface area contributed by atoms with E-state index < -0.39 is 23.6 Å². The maximum absolute atomic E-state index is 12.1. The number of carbonyl (C=O) groups excluding carboxylic acids is 2. The Labute approximate surface area is 111 Å². The molecule has 0 aromatic heterocycles. The molecule has 0 radical (unpaired) electrons. The highest BCUT2D eigenvalue weighted by Crippen LogP contribution is 2.48. The molecule has 0 bridgehead atoms. The summed E-state index contributed by atoms with van der Waals surface area (Å²) in [4.78, 5) is 23.8. The Morgan fingerprint density at radius 3 is 2.37 bits per heavy atom. The minimum Gasteiger partial charge on any atom is -0.464 e. The van der Waals surface area contributed by atoms with Gasteiger partial charge in [0.1, 0.15) is 0 Å².